The first-order valence-corrected chi connectivity index (χ1v) is 8.30. The van der Waals surface area contributed by atoms with Crippen molar-refractivity contribution in [3.05, 3.63) is 34.6 Å². The second-order valence-electron chi connectivity index (χ2n) is 5.38. The highest BCUT2D eigenvalue weighted by atomic mass is 35.5. The Hall–Kier alpha value is -2.74. The molecule has 140 valence electrons. The number of carbonyl (C=O) groups is 1. The SMILES string of the molecule is CCOC(=O)C(C)Oc1c(Cl)cc(C=Nn2cc(C)nc2N)cc1OC. The van der Waals surface area contributed by atoms with Gasteiger partial charge in [0, 0.05) is 0 Å². The Morgan fingerprint density at radius 1 is 1.50 bits per heavy atom. The molecule has 2 N–H and O–H groups in total. The summed E-state index contributed by atoms with van der Waals surface area (Å²) in [5.41, 5.74) is 7.16. The number of methoxy groups -OCH3 is 1. The van der Waals surface area contributed by atoms with Gasteiger partial charge in [0.05, 0.1) is 36.8 Å². The molecule has 0 radical (unpaired) electrons. The lowest BCUT2D eigenvalue weighted by Crippen LogP contribution is -2.26. The Balaban J connectivity index is 2.26. The van der Waals surface area contributed by atoms with E-state index in [0.29, 0.717) is 11.3 Å². The Morgan fingerprint density at radius 2 is 2.23 bits per heavy atom. The van der Waals surface area contributed by atoms with E-state index < -0.39 is 12.1 Å². The summed E-state index contributed by atoms with van der Waals surface area (Å²) in [7, 11) is 1.48. The minimum Gasteiger partial charge on any atom is -0.493 e. The Labute approximate surface area is 156 Å². The van der Waals surface area contributed by atoms with Crippen molar-refractivity contribution in [1.29, 1.82) is 0 Å². The number of nitrogens with zero attached hydrogens (tertiary/aromatic N) is 3. The number of imidazole rings is 1. The fraction of sp³-hybridized carbons (Fsp3) is 0.353. The summed E-state index contributed by atoms with van der Waals surface area (Å²) in [6.07, 6.45) is 2.43. The van der Waals surface area contributed by atoms with Crippen molar-refractivity contribution in [1.82, 2.24) is 9.66 Å². The predicted molar refractivity (Wildman–Crippen MR) is 99.1 cm³/mol. The number of ether oxygens (including phenoxy) is 3. The fourth-order valence-electron chi connectivity index (χ4n) is 2.14. The molecule has 0 aliphatic rings. The first-order valence-electron chi connectivity index (χ1n) is 7.92. The molecule has 9 heteroatoms. The quantitative estimate of drug-likeness (QED) is 0.585. The van der Waals surface area contributed by atoms with Crippen molar-refractivity contribution in [3.63, 3.8) is 0 Å². The van der Waals surface area contributed by atoms with Crippen LogP contribution in [0.15, 0.2) is 23.4 Å². The van der Waals surface area contributed by atoms with Crippen LogP contribution in [-0.2, 0) is 9.53 Å². The number of esters is 1. The zero-order valence-corrected chi connectivity index (χ0v) is 15.8. The van der Waals surface area contributed by atoms with Gasteiger partial charge < -0.3 is 19.9 Å². The van der Waals surface area contributed by atoms with Gasteiger partial charge in [0.25, 0.3) is 0 Å². The van der Waals surface area contributed by atoms with Crippen LogP contribution in [0.4, 0.5) is 5.95 Å². The topological polar surface area (TPSA) is 101 Å². The number of nitrogens with two attached hydrogens (primary N) is 1. The van der Waals surface area contributed by atoms with E-state index in [1.165, 1.54) is 11.8 Å². The third-order valence-electron chi connectivity index (χ3n) is 3.33. The average Bonchev–Trinajstić information content (AvgIpc) is 2.92. The van der Waals surface area contributed by atoms with Crippen molar-refractivity contribution in [2.45, 2.75) is 26.9 Å². The first-order chi connectivity index (χ1) is 12.3. The van der Waals surface area contributed by atoms with Gasteiger partial charge in [-0.25, -0.2) is 14.5 Å². The van der Waals surface area contributed by atoms with Crippen LogP contribution < -0.4 is 15.2 Å². The molecule has 0 amide bonds. The number of aromatic nitrogens is 2. The molecule has 1 unspecified atom stereocenters. The van der Waals surface area contributed by atoms with Crippen LogP contribution in [0.1, 0.15) is 25.1 Å². The molecule has 26 heavy (non-hydrogen) atoms. The summed E-state index contributed by atoms with van der Waals surface area (Å²) in [5.74, 6) is 0.414. The molecular formula is C17H21ClN4O4. The van der Waals surface area contributed by atoms with Crippen molar-refractivity contribution in [2.24, 2.45) is 5.10 Å². The van der Waals surface area contributed by atoms with Gasteiger partial charge in [0.2, 0.25) is 5.95 Å². The third-order valence-corrected chi connectivity index (χ3v) is 3.61. The van der Waals surface area contributed by atoms with E-state index in [2.05, 4.69) is 10.1 Å². The van der Waals surface area contributed by atoms with Crippen LogP contribution in [0, 0.1) is 6.92 Å². The summed E-state index contributed by atoms with van der Waals surface area (Å²) < 4.78 is 17.3. The Morgan fingerprint density at radius 3 is 2.81 bits per heavy atom. The van der Waals surface area contributed by atoms with E-state index in [1.54, 1.807) is 38.4 Å². The zero-order chi connectivity index (χ0) is 19.3. The average molecular weight is 381 g/mol. The van der Waals surface area contributed by atoms with Crippen LogP contribution >= 0.6 is 11.6 Å². The van der Waals surface area contributed by atoms with Crippen molar-refractivity contribution < 1.29 is 19.0 Å². The highest BCUT2D eigenvalue weighted by molar-refractivity contribution is 6.32. The van der Waals surface area contributed by atoms with E-state index in [4.69, 9.17) is 31.5 Å². The van der Waals surface area contributed by atoms with Crippen LogP contribution in [0.5, 0.6) is 11.5 Å². The number of rotatable bonds is 7. The molecule has 0 bridgehead atoms. The van der Waals surface area contributed by atoms with Gasteiger partial charge in [-0.15, -0.1) is 0 Å². The number of hydrogen-bond acceptors (Lipinski definition) is 7. The lowest BCUT2D eigenvalue weighted by atomic mass is 10.2. The number of carbonyl (C=O) groups excluding carboxylic acids is 1. The number of benzene rings is 1. The maximum Gasteiger partial charge on any atom is 0.347 e. The normalized spacial score (nSPS) is 12.2. The molecule has 1 atom stereocenters. The molecule has 0 aliphatic heterocycles. The fourth-order valence-corrected chi connectivity index (χ4v) is 2.40. The van der Waals surface area contributed by atoms with Gasteiger partial charge in [-0.2, -0.15) is 5.10 Å². The van der Waals surface area contributed by atoms with Gasteiger partial charge in [0.15, 0.2) is 17.6 Å². The third kappa shape index (κ3) is 4.66. The minimum atomic E-state index is -0.824. The number of hydrogen-bond donors (Lipinski definition) is 1. The molecule has 2 rings (SSSR count). The summed E-state index contributed by atoms with van der Waals surface area (Å²) in [6.45, 7) is 5.39. The highest BCUT2D eigenvalue weighted by Gasteiger charge is 2.20. The molecule has 1 aromatic carbocycles. The summed E-state index contributed by atoms with van der Waals surface area (Å²) in [5, 5.41) is 4.51. The maximum absolute atomic E-state index is 11.7. The molecule has 0 spiro atoms. The van der Waals surface area contributed by atoms with Crippen molar-refractivity contribution in [2.75, 3.05) is 19.5 Å². The molecule has 8 nitrogen and oxygen atoms in total. The van der Waals surface area contributed by atoms with E-state index in [0.717, 1.165) is 5.69 Å². The van der Waals surface area contributed by atoms with E-state index in [9.17, 15) is 4.79 Å². The molecule has 1 aromatic heterocycles. The van der Waals surface area contributed by atoms with Crippen molar-refractivity contribution in [3.8, 4) is 11.5 Å². The van der Waals surface area contributed by atoms with Crippen molar-refractivity contribution >= 4 is 29.7 Å². The molecule has 0 aliphatic carbocycles. The number of nitrogen functional groups attached to an aromatic ring is 1. The molecule has 1 heterocycles. The standard InChI is InChI=1S/C17H21ClN4O4/c1-5-25-16(23)11(3)26-15-13(18)6-12(7-14(15)24-4)8-20-22-9-10(2)21-17(22)19/h6-9,11H,5H2,1-4H3,(H2,19,21). The maximum atomic E-state index is 11.7. The second-order valence-corrected chi connectivity index (χ2v) is 5.78. The lowest BCUT2D eigenvalue weighted by molar-refractivity contribution is -0.150. The Kier molecular flexibility index (Phi) is 6.46. The monoisotopic (exact) mass is 380 g/mol. The largest absolute Gasteiger partial charge is 0.493 e. The van der Waals surface area contributed by atoms with Crippen LogP contribution in [0.3, 0.4) is 0 Å². The number of aryl methyl sites for hydroxylation is 1. The smallest absolute Gasteiger partial charge is 0.347 e. The summed E-state index contributed by atoms with van der Waals surface area (Å²) in [6, 6.07) is 3.32. The van der Waals surface area contributed by atoms with Gasteiger partial charge in [0.1, 0.15) is 0 Å². The molecular weight excluding hydrogens is 360 g/mol. The van der Waals surface area contributed by atoms with Gasteiger partial charge >= 0.3 is 5.97 Å². The first kappa shape index (κ1) is 19.6. The van der Waals surface area contributed by atoms with Crippen LogP contribution in [0.25, 0.3) is 0 Å². The van der Waals surface area contributed by atoms with E-state index >= 15 is 0 Å². The molecule has 0 saturated carbocycles. The minimum absolute atomic E-state index is 0.254. The number of halogens is 1. The van der Waals surface area contributed by atoms with Gasteiger partial charge in [-0.3, -0.25) is 0 Å². The Bertz CT molecular complexity index is 819. The molecule has 2 aromatic rings. The van der Waals surface area contributed by atoms with E-state index in [1.807, 2.05) is 6.92 Å². The predicted octanol–water partition coefficient (Wildman–Crippen LogP) is 2.65. The molecule has 0 saturated heterocycles. The summed E-state index contributed by atoms with van der Waals surface area (Å²) in [4.78, 5) is 15.8. The lowest BCUT2D eigenvalue weighted by Gasteiger charge is -2.17. The number of anilines is 1. The highest BCUT2D eigenvalue weighted by Crippen LogP contribution is 2.36. The van der Waals surface area contributed by atoms with Gasteiger partial charge in [-0.1, -0.05) is 11.6 Å². The molecule has 0 fully saturated rings. The zero-order valence-electron chi connectivity index (χ0n) is 15.0. The van der Waals surface area contributed by atoms with Gasteiger partial charge in [-0.05, 0) is 38.5 Å². The van der Waals surface area contributed by atoms with Crippen LogP contribution in [-0.4, -0.2) is 41.7 Å². The summed E-state index contributed by atoms with van der Waals surface area (Å²) >= 11 is 6.29. The van der Waals surface area contributed by atoms with E-state index in [-0.39, 0.29) is 23.3 Å². The second kappa shape index (κ2) is 8.57. The van der Waals surface area contributed by atoms with Crippen LogP contribution in [0.2, 0.25) is 5.02 Å².